The highest BCUT2D eigenvalue weighted by Crippen LogP contribution is 2.50. The minimum Gasteiger partial charge on any atom is -0.493 e. The number of aryl methyl sites for hydroxylation is 1. The number of carbonyl (C=O) groups excluding carboxylic acids is 2. The molecule has 0 bridgehead atoms. The molecule has 0 fully saturated rings. The van der Waals surface area contributed by atoms with Gasteiger partial charge in [-0.1, -0.05) is 11.6 Å². The molecule has 0 spiro atoms. The largest absolute Gasteiger partial charge is 0.493 e. The third-order valence-electron chi connectivity index (χ3n) is 4.06. The highest BCUT2D eigenvalue weighted by molar-refractivity contribution is 6.37. The summed E-state index contributed by atoms with van der Waals surface area (Å²) in [4.78, 5) is 25.0. The van der Waals surface area contributed by atoms with Gasteiger partial charge in [0.15, 0.2) is 5.75 Å². The van der Waals surface area contributed by atoms with Gasteiger partial charge in [-0.15, -0.1) is 0 Å². The Bertz CT molecular complexity index is 919. The summed E-state index contributed by atoms with van der Waals surface area (Å²) >= 11 is 6.51. The SMILES string of the molecule is CCOc1cc(C)c2c(OCC)c(Cl)c(OCC)c3c2c1C(=O)OC3=O. The molecule has 26 heavy (non-hydrogen) atoms. The van der Waals surface area contributed by atoms with Crippen LogP contribution in [0.1, 0.15) is 47.1 Å². The number of hydrogen-bond donors (Lipinski definition) is 0. The Hall–Kier alpha value is -2.47. The van der Waals surface area contributed by atoms with Gasteiger partial charge in [-0.2, -0.15) is 0 Å². The van der Waals surface area contributed by atoms with E-state index in [1.165, 1.54) is 0 Å². The minimum absolute atomic E-state index is 0.120. The van der Waals surface area contributed by atoms with Crippen molar-refractivity contribution in [2.45, 2.75) is 27.7 Å². The van der Waals surface area contributed by atoms with Gasteiger partial charge in [0.1, 0.15) is 27.6 Å². The molecule has 2 aromatic carbocycles. The summed E-state index contributed by atoms with van der Waals surface area (Å²) in [6, 6.07) is 1.72. The van der Waals surface area contributed by atoms with Crippen molar-refractivity contribution in [3.8, 4) is 17.2 Å². The maximum atomic E-state index is 12.5. The number of cyclic esters (lactones) is 2. The lowest BCUT2D eigenvalue weighted by Crippen LogP contribution is -2.22. The summed E-state index contributed by atoms with van der Waals surface area (Å²) in [7, 11) is 0. The lowest BCUT2D eigenvalue weighted by molar-refractivity contribution is 0.0386. The predicted molar refractivity (Wildman–Crippen MR) is 96.9 cm³/mol. The first kappa shape index (κ1) is 18.3. The molecule has 2 aromatic rings. The molecular formula is C19H19ClO6. The van der Waals surface area contributed by atoms with Crippen LogP contribution in [0, 0.1) is 6.92 Å². The molecule has 3 rings (SSSR count). The van der Waals surface area contributed by atoms with Gasteiger partial charge in [0.25, 0.3) is 0 Å². The topological polar surface area (TPSA) is 71.1 Å². The van der Waals surface area contributed by atoms with Crippen LogP contribution in [0.4, 0.5) is 0 Å². The zero-order valence-electron chi connectivity index (χ0n) is 15.0. The maximum Gasteiger partial charge on any atom is 0.350 e. The minimum atomic E-state index is -0.797. The van der Waals surface area contributed by atoms with Crippen LogP contribution in [0.5, 0.6) is 17.2 Å². The van der Waals surface area contributed by atoms with Crippen molar-refractivity contribution in [1.29, 1.82) is 0 Å². The van der Waals surface area contributed by atoms with Gasteiger partial charge < -0.3 is 18.9 Å². The number of hydrogen-bond acceptors (Lipinski definition) is 6. The fourth-order valence-corrected chi connectivity index (χ4v) is 3.48. The van der Waals surface area contributed by atoms with Crippen LogP contribution in [-0.4, -0.2) is 31.8 Å². The first-order chi connectivity index (χ1) is 12.5. The standard InChI is InChI=1S/C19H19ClO6/c1-5-23-10-8-9(4)11-13-12(10)18(21)26-19(22)14(13)17(25-7-3)15(20)16(11)24-6-2/h8H,5-7H2,1-4H3. The van der Waals surface area contributed by atoms with Crippen LogP contribution in [-0.2, 0) is 4.74 Å². The molecule has 0 aliphatic carbocycles. The van der Waals surface area contributed by atoms with Crippen LogP contribution < -0.4 is 14.2 Å². The molecule has 1 heterocycles. The van der Waals surface area contributed by atoms with Gasteiger partial charge in [0, 0.05) is 10.8 Å². The lowest BCUT2D eigenvalue weighted by Gasteiger charge is -2.24. The van der Waals surface area contributed by atoms with E-state index < -0.39 is 11.9 Å². The number of halogens is 1. The smallest absolute Gasteiger partial charge is 0.350 e. The molecule has 138 valence electrons. The fourth-order valence-electron chi connectivity index (χ4n) is 3.18. The molecule has 0 radical (unpaired) electrons. The van der Waals surface area contributed by atoms with Crippen molar-refractivity contribution >= 4 is 34.3 Å². The molecule has 1 aliphatic rings. The van der Waals surface area contributed by atoms with E-state index in [-0.39, 0.29) is 28.5 Å². The monoisotopic (exact) mass is 378 g/mol. The van der Waals surface area contributed by atoms with E-state index in [9.17, 15) is 9.59 Å². The summed E-state index contributed by atoms with van der Waals surface area (Å²) in [5.74, 6) is -0.682. The number of carbonyl (C=O) groups is 2. The second-order valence-corrected chi connectivity index (χ2v) is 6.02. The zero-order valence-corrected chi connectivity index (χ0v) is 15.8. The quantitative estimate of drug-likeness (QED) is 0.551. The highest BCUT2D eigenvalue weighted by Gasteiger charge is 2.37. The summed E-state index contributed by atoms with van der Waals surface area (Å²) in [5.41, 5.74) is 1.07. The third-order valence-corrected chi connectivity index (χ3v) is 4.41. The van der Waals surface area contributed by atoms with Crippen molar-refractivity contribution in [2.24, 2.45) is 0 Å². The number of rotatable bonds is 6. The molecule has 0 atom stereocenters. The predicted octanol–water partition coefficient (Wildman–Crippen LogP) is 4.31. The van der Waals surface area contributed by atoms with E-state index >= 15 is 0 Å². The average Bonchev–Trinajstić information content (AvgIpc) is 2.58. The summed E-state index contributed by atoms with van der Waals surface area (Å²) in [5, 5.41) is 1.16. The van der Waals surface area contributed by atoms with E-state index in [1.54, 1.807) is 13.0 Å². The van der Waals surface area contributed by atoms with Gasteiger partial charge in [0.05, 0.1) is 19.8 Å². The van der Waals surface area contributed by atoms with Crippen molar-refractivity contribution in [3.63, 3.8) is 0 Å². The lowest BCUT2D eigenvalue weighted by atomic mass is 9.92. The van der Waals surface area contributed by atoms with Gasteiger partial charge in [-0.25, -0.2) is 9.59 Å². The first-order valence-electron chi connectivity index (χ1n) is 8.43. The van der Waals surface area contributed by atoms with E-state index in [1.807, 2.05) is 20.8 Å². The third kappa shape index (κ3) is 2.65. The van der Waals surface area contributed by atoms with E-state index in [2.05, 4.69) is 0 Å². The molecule has 0 aromatic heterocycles. The molecule has 0 saturated heterocycles. The van der Waals surface area contributed by atoms with Crippen LogP contribution in [0.3, 0.4) is 0 Å². The number of ether oxygens (including phenoxy) is 4. The van der Waals surface area contributed by atoms with Crippen LogP contribution in [0.15, 0.2) is 6.07 Å². The number of benzene rings is 2. The summed E-state index contributed by atoms with van der Waals surface area (Å²) in [6.07, 6.45) is 0. The molecule has 0 N–H and O–H groups in total. The molecule has 6 nitrogen and oxygen atoms in total. The summed E-state index contributed by atoms with van der Waals surface area (Å²) in [6.45, 7) is 8.26. The maximum absolute atomic E-state index is 12.5. The zero-order chi connectivity index (χ0) is 19.0. The molecule has 0 saturated carbocycles. The molecular weight excluding hydrogens is 360 g/mol. The van der Waals surface area contributed by atoms with Gasteiger partial charge in [-0.05, 0) is 39.3 Å². The van der Waals surface area contributed by atoms with E-state index in [4.69, 9.17) is 30.5 Å². The van der Waals surface area contributed by atoms with Crippen LogP contribution in [0.25, 0.3) is 10.8 Å². The van der Waals surface area contributed by atoms with Gasteiger partial charge in [0.2, 0.25) is 0 Å². The van der Waals surface area contributed by atoms with Crippen molar-refractivity contribution < 1.29 is 28.5 Å². The van der Waals surface area contributed by atoms with Crippen LogP contribution in [0.2, 0.25) is 5.02 Å². The second kappa shape index (κ2) is 7.03. The summed E-state index contributed by atoms with van der Waals surface area (Å²) < 4.78 is 21.9. The Kier molecular flexibility index (Phi) is 4.96. The molecule has 1 aliphatic heterocycles. The Morgan fingerprint density at radius 1 is 0.885 bits per heavy atom. The fraction of sp³-hybridized carbons (Fsp3) is 0.368. The first-order valence-corrected chi connectivity index (χ1v) is 8.81. The normalized spacial score (nSPS) is 13.0. The van der Waals surface area contributed by atoms with Crippen molar-refractivity contribution in [1.82, 2.24) is 0 Å². The Labute approximate surface area is 155 Å². The van der Waals surface area contributed by atoms with E-state index in [0.29, 0.717) is 35.5 Å². The number of esters is 2. The van der Waals surface area contributed by atoms with Crippen LogP contribution >= 0.6 is 11.6 Å². The highest BCUT2D eigenvalue weighted by atomic mass is 35.5. The Morgan fingerprint density at radius 3 is 2.08 bits per heavy atom. The average molecular weight is 379 g/mol. The molecule has 0 amide bonds. The van der Waals surface area contributed by atoms with Gasteiger partial charge >= 0.3 is 11.9 Å². The van der Waals surface area contributed by atoms with Crippen molar-refractivity contribution in [2.75, 3.05) is 19.8 Å². The molecule has 0 unspecified atom stereocenters. The molecule has 7 heteroatoms. The Morgan fingerprint density at radius 2 is 1.46 bits per heavy atom. The second-order valence-electron chi connectivity index (χ2n) is 5.64. The Balaban J connectivity index is 2.57. The van der Waals surface area contributed by atoms with E-state index in [0.717, 1.165) is 5.56 Å². The van der Waals surface area contributed by atoms with Gasteiger partial charge in [-0.3, -0.25) is 0 Å². The van der Waals surface area contributed by atoms with Crippen molar-refractivity contribution in [3.05, 3.63) is 27.8 Å².